The SMILES string of the molecule is C=C/C=C\C=C(/C)CCNC.CCC(=O)N(C)C.COc1ccc2[nH]c(C=O)cc2n1. The lowest BCUT2D eigenvalue weighted by molar-refractivity contribution is -0.128. The zero-order valence-corrected chi connectivity index (χ0v) is 19.6. The third kappa shape index (κ3) is 12.2. The van der Waals surface area contributed by atoms with E-state index >= 15 is 0 Å². The van der Waals surface area contributed by atoms with Gasteiger partial charge in [0.25, 0.3) is 0 Å². The zero-order chi connectivity index (χ0) is 23.6. The Labute approximate surface area is 185 Å². The van der Waals surface area contributed by atoms with Crippen LogP contribution >= 0.6 is 0 Å². The number of carbonyl (C=O) groups is 2. The molecule has 0 fully saturated rings. The van der Waals surface area contributed by atoms with Gasteiger partial charge in [-0.15, -0.1) is 0 Å². The predicted octanol–water partition coefficient (Wildman–Crippen LogP) is 4.15. The van der Waals surface area contributed by atoms with Crippen LogP contribution in [0.5, 0.6) is 5.88 Å². The van der Waals surface area contributed by atoms with E-state index in [1.165, 1.54) is 5.57 Å². The number of nitrogens with zero attached hydrogens (tertiary/aromatic N) is 2. The second-order valence-electron chi connectivity index (χ2n) is 6.76. The van der Waals surface area contributed by atoms with Gasteiger partial charge in [0.1, 0.15) is 0 Å². The molecule has 2 N–H and O–H groups in total. The number of nitrogens with one attached hydrogen (secondary N) is 2. The highest BCUT2D eigenvalue weighted by atomic mass is 16.5. The molecule has 31 heavy (non-hydrogen) atoms. The van der Waals surface area contributed by atoms with E-state index in [0.29, 0.717) is 18.0 Å². The number of ether oxygens (including phenoxy) is 1. The van der Waals surface area contributed by atoms with Crippen LogP contribution in [0.2, 0.25) is 0 Å². The molecule has 0 aliphatic carbocycles. The van der Waals surface area contributed by atoms with Crippen molar-refractivity contribution in [3.8, 4) is 5.88 Å². The Bertz CT molecular complexity index is 867. The monoisotopic (exact) mass is 428 g/mol. The lowest BCUT2D eigenvalue weighted by atomic mass is 10.2. The van der Waals surface area contributed by atoms with Crippen molar-refractivity contribution in [2.24, 2.45) is 0 Å². The van der Waals surface area contributed by atoms with Crippen LogP contribution in [0.4, 0.5) is 0 Å². The minimum Gasteiger partial charge on any atom is -0.481 e. The largest absolute Gasteiger partial charge is 0.481 e. The van der Waals surface area contributed by atoms with Gasteiger partial charge in [0.2, 0.25) is 11.8 Å². The van der Waals surface area contributed by atoms with Crippen LogP contribution < -0.4 is 10.1 Å². The molecule has 0 atom stereocenters. The number of hydrogen-bond acceptors (Lipinski definition) is 5. The van der Waals surface area contributed by atoms with E-state index in [2.05, 4.69) is 34.9 Å². The second kappa shape index (κ2) is 16.6. The number of methoxy groups -OCH3 is 1. The van der Waals surface area contributed by atoms with E-state index in [1.807, 2.05) is 32.2 Å². The van der Waals surface area contributed by atoms with Crippen LogP contribution in [0, 0.1) is 0 Å². The molecule has 2 aromatic heterocycles. The molecular weight excluding hydrogens is 392 g/mol. The standard InChI is InChI=1S/C10H17N.C9H8N2O2.C5H11NO/c1-4-5-6-7-10(2)8-9-11-3;1-13-9-3-2-7-8(11-9)4-6(5-12)10-7;1-4-5(7)6(2)3/h4-7,11H,1,8-9H2,2-3H3;2-5,10H,1H3;4H2,1-3H3/b6-5-,10-7+;;. The molecule has 0 saturated carbocycles. The average molecular weight is 429 g/mol. The van der Waals surface area contributed by atoms with Gasteiger partial charge < -0.3 is 19.9 Å². The Kier molecular flexibility index (Phi) is 14.9. The maximum atomic E-state index is 10.4. The number of amides is 1. The number of rotatable bonds is 8. The summed E-state index contributed by atoms with van der Waals surface area (Å²) in [5.74, 6) is 0.726. The predicted molar refractivity (Wildman–Crippen MR) is 129 cm³/mol. The molecule has 2 rings (SSSR count). The van der Waals surface area contributed by atoms with Crippen LogP contribution in [-0.2, 0) is 4.79 Å². The smallest absolute Gasteiger partial charge is 0.221 e. The lowest BCUT2D eigenvalue weighted by Crippen LogP contribution is -2.19. The van der Waals surface area contributed by atoms with Crippen molar-refractivity contribution in [1.82, 2.24) is 20.2 Å². The Morgan fingerprint density at radius 1 is 1.32 bits per heavy atom. The molecule has 0 saturated heterocycles. The molecule has 0 bridgehead atoms. The first-order chi connectivity index (χ1) is 14.8. The number of carbonyl (C=O) groups excluding carboxylic acids is 2. The van der Waals surface area contributed by atoms with E-state index in [-0.39, 0.29) is 5.91 Å². The van der Waals surface area contributed by atoms with Crippen LogP contribution in [-0.4, -0.2) is 61.9 Å². The number of H-pyrrole nitrogens is 1. The Morgan fingerprint density at radius 2 is 2.03 bits per heavy atom. The van der Waals surface area contributed by atoms with Gasteiger partial charge in [-0.05, 0) is 39.1 Å². The van der Waals surface area contributed by atoms with E-state index in [9.17, 15) is 9.59 Å². The number of aromatic amines is 1. The Morgan fingerprint density at radius 3 is 2.52 bits per heavy atom. The third-order valence-corrected chi connectivity index (χ3v) is 4.01. The summed E-state index contributed by atoms with van der Waals surface area (Å²) in [7, 11) is 7.03. The van der Waals surface area contributed by atoms with Crippen LogP contribution in [0.1, 0.15) is 37.2 Å². The fourth-order valence-electron chi connectivity index (χ4n) is 2.21. The highest BCUT2D eigenvalue weighted by Crippen LogP contribution is 2.16. The van der Waals surface area contributed by atoms with Gasteiger partial charge >= 0.3 is 0 Å². The van der Waals surface area contributed by atoms with Crippen molar-refractivity contribution >= 4 is 23.2 Å². The molecule has 2 aromatic rings. The molecular formula is C24H36N4O3. The highest BCUT2D eigenvalue weighted by Gasteiger charge is 2.01. The van der Waals surface area contributed by atoms with E-state index in [4.69, 9.17) is 4.74 Å². The Balaban J connectivity index is 0.000000458. The summed E-state index contributed by atoms with van der Waals surface area (Å²) in [6, 6.07) is 5.26. The van der Waals surface area contributed by atoms with Crippen molar-refractivity contribution in [1.29, 1.82) is 0 Å². The molecule has 7 heteroatoms. The minimum atomic E-state index is 0.181. The van der Waals surface area contributed by atoms with Crippen LogP contribution in [0.15, 0.2) is 54.7 Å². The van der Waals surface area contributed by atoms with E-state index < -0.39 is 0 Å². The summed E-state index contributed by atoms with van der Waals surface area (Å²) in [6.07, 6.45) is 10.3. The normalized spacial score (nSPS) is 10.6. The number of aldehydes is 1. The van der Waals surface area contributed by atoms with Crippen molar-refractivity contribution in [3.63, 3.8) is 0 Å². The van der Waals surface area contributed by atoms with Crippen molar-refractivity contribution in [2.75, 3.05) is 34.8 Å². The summed E-state index contributed by atoms with van der Waals surface area (Å²) in [4.78, 5) is 29.5. The fraction of sp³-hybridized carbons (Fsp3) is 0.375. The lowest BCUT2D eigenvalue weighted by Gasteiger charge is -2.05. The summed E-state index contributed by atoms with van der Waals surface area (Å²) >= 11 is 0. The van der Waals surface area contributed by atoms with Crippen LogP contribution in [0.3, 0.4) is 0 Å². The molecule has 0 spiro atoms. The maximum absolute atomic E-state index is 10.4. The molecule has 0 aromatic carbocycles. The zero-order valence-electron chi connectivity index (χ0n) is 19.6. The first kappa shape index (κ1) is 27.8. The van der Waals surface area contributed by atoms with E-state index in [1.54, 1.807) is 44.3 Å². The second-order valence-corrected chi connectivity index (χ2v) is 6.76. The van der Waals surface area contributed by atoms with Gasteiger partial charge in [-0.1, -0.05) is 43.4 Å². The van der Waals surface area contributed by atoms with Gasteiger partial charge in [-0.2, -0.15) is 0 Å². The number of fused-ring (bicyclic) bond motifs is 1. The van der Waals surface area contributed by atoms with Gasteiger partial charge in [0, 0.05) is 26.6 Å². The number of hydrogen-bond donors (Lipinski definition) is 2. The average Bonchev–Trinajstić information content (AvgIpc) is 3.20. The van der Waals surface area contributed by atoms with Crippen molar-refractivity contribution in [3.05, 3.63) is 60.3 Å². The van der Waals surface area contributed by atoms with Gasteiger partial charge in [0.15, 0.2) is 6.29 Å². The van der Waals surface area contributed by atoms with E-state index in [0.717, 1.165) is 30.3 Å². The first-order valence-electron chi connectivity index (χ1n) is 10.1. The third-order valence-electron chi connectivity index (χ3n) is 4.01. The summed E-state index contributed by atoms with van der Waals surface area (Å²) in [6.45, 7) is 8.62. The molecule has 0 aliphatic rings. The number of pyridine rings is 1. The van der Waals surface area contributed by atoms with Gasteiger partial charge in [-0.3, -0.25) is 9.59 Å². The molecule has 7 nitrogen and oxygen atoms in total. The summed E-state index contributed by atoms with van der Waals surface area (Å²) in [5.41, 5.74) is 3.48. The fourth-order valence-corrected chi connectivity index (χ4v) is 2.21. The molecule has 0 radical (unpaired) electrons. The van der Waals surface area contributed by atoms with Gasteiger partial charge in [-0.25, -0.2) is 4.98 Å². The van der Waals surface area contributed by atoms with Crippen LogP contribution in [0.25, 0.3) is 11.0 Å². The maximum Gasteiger partial charge on any atom is 0.221 e. The van der Waals surface area contributed by atoms with Gasteiger partial charge in [0.05, 0.1) is 23.8 Å². The number of allylic oxidation sites excluding steroid dienone is 4. The molecule has 170 valence electrons. The quantitative estimate of drug-likeness (QED) is 0.487. The molecule has 2 heterocycles. The minimum absolute atomic E-state index is 0.181. The number of aromatic nitrogens is 2. The highest BCUT2D eigenvalue weighted by molar-refractivity contribution is 5.85. The summed E-state index contributed by atoms with van der Waals surface area (Å²) < 4.78 is 4.95. The Hall–Kier alpha value is -3.19. The summed E-state index contributed by atoms with van der Waals surface area (Å²) in [5, 5.41) is 3.10. The molecule has 1 amide bonds. The van der Waals surface area contributed by atoms with Crippen molar-refractivity contribution in [2.45, 2.75) is 26.7 Å². The topological polar surface area (TPSA) is 87.3 Å². The molecule has 0 unspecified atom stereocenters. The molecule has 0 aliphatic heterocycles. The van der Waals surface area contributed by atoms with Crippen molar-refractivity contribution < 1.29 is 14.3 Å². The first-order valence-corrected chi connectivity index (χ1v) is 10.1.